The second-order valence-electron chi connectivity index (χ2n) is 4.55. The molecule has 1 aliphatic rings. The Kier molecular flexibility index (Phi) is 3.31. The first-order chi connectivity index (χ1) is 10.1. The van der Waals surface area contributed by atoms with E-state index >= 15 is 0 Å². The zero-order valence-electron chi connectivity index (χ0n) is 10.7. The van der Waals surface area contributed by atoms with Gasteiger partial charge in [0.1, 0.15) is 5.82 Å². The van der Waals surface area contributed by atoms with Crippen LogP contribution in [0.25, 0.3) is 5.57 Å². The summed E-state index contributed by atoms with van der Waals surface area (Å²) in [6, 6.07) is 10.8. The molecule has 0 fully saturated rings. The molecule has 5 heteroatoms. The van der Waals surface area contributed by atoms with Crippen LogP contribution in [0.4, 0.5) is 10.1 Å². The molecule has 1 N–H and O–H groups in total. The minimum Gasteiger partial charge on any atom is -0.321 e. The quantitative estimate of drug-likeness (QED) is 0.679. The Balaban J connectivity index is 2.00. The minimum atomic E-state index is -0.593. The Bertz CT molecular complexity index is 799. The topological polar surface area (TPSA) is 46.2 Å². The third kappa shape index (κ3) is 2.45. The maximum absolute atomic E-state index is 13.1. The summed E-state index contributed by atoms with van der Waals surface area (Å²) in [4.78, 5) is 24.1. The fourth-order valence-electron chi connectivity index (χ4n) is 2.15. The zero-order valence-corrected chi connectivity index (χ0v) is 11.4. The summed E-state index contributed by atoms with van der Waals surface area (Å²) >= 11 is 5.66. The molecule has 0 radical (unpaired) electrons. The molecule has 0 spiro atoms. The van der Waals surface area contributed by atoms with Gasteiger partial charge in [-0.05, 0) is 30.3 Å². The predicted molar refractivity (Wildman–Crippen MR) is 78.8 cm³/mol. The van der Waals surface area contributed by atoms with E-state index in [1.54, 1.807) is 24.3 Å². The molecule has 1 aliphatic heterocycles. The van der Waals surface area contributed by atoms with Crippen LogP contribution in [0.1, 0.15) is 15.9 Å². The number of rotatable bonds is 2. The number of para-hydroxylation sites is 1. The van der Waals surface area contributed by atoms with Gasteiger partial charge >= 0.3 is 0 Å². The van der Waals surface area contributed by atoms with Crippen molar-refractivity contribution in [2.45, 2.75) is 0 Å². The van der Waals surface area contributed by atoms with Crippen LogP contribution in [0.2, 0.25) is 5.02 Å². The van der Waals surface area contributed by atoms with Gasteiger partial charge in [-0.25, -0.2) is 4.39 Å². The first-order valence-corrected chi connectivity index (χ1v) is 6.56. The lowest BCUT2D eigenvalue weighted by Crippen LogP contribution is -2.06. The van der Waals surface area contributed by atoms with Crippen molar-refractivity contribution in [3.8, 4) is 0 Å². The Morgan fingerprint density at radius 3 is 2.71 bits per heavy atom. The molecular weight excluding hydrogens is 293 g/mol. The second-order valence-corrected chi connectivity index (χ2v) is 4.96. The van der Waals surface area contributed by atoms with Crippen LogP contribution in [0, 0.1) is 5.82 Å². The maximum atomic E-state index is 13.1. The van der Waals surface area contributed by atoms with E-state index in [1.165, 1.54) is 18.2 Å². The number of anilines is 1. The molecule has 2 aromatic carbocycles. The molecule has 0 saturated carbocycles. The van der Waals surface area contributed by atoms with Crippen LogP contribution >= 0.6 is 11.6 Å². The number of carbonyl (C=O) groups is 2. The molecule has 2 aromatic rings. The summed E-state index contributed by atoms with van der Waals surface area (Å²) in [5.74, 6) is -1.33. The highest BCUT2D eigenvalue weighted by Gasteiger charge is 2.24. The molecule has 0 aliphatic carbocycles. The summed E-state index contributed by atoms with van der Waals surface area (Å²) in [5, 5.41) is 2.55. The van der Waals surface area contributed by atoms with E-state index in [2.05, 4.69) is 5.32 Å². The number of amides is 1. The maximum Gasteiger partial charge on any atom is 0.256 e. The minimum absolute atomic E-state index is 0.129. The average molecular weight is 302 g/mol. The van der Waals surface area contributed by atoms with Crippen molar-refractivity contribution in [1.82, 2.24) is 0 Å². The van der Waals surface area contributed by atoms with Crippen LogP contribution in [0.3, 0.4) is 0 Å². The number of hydrogen-bond acceptors (Lipinski definition) is 2. The van der Waals surface area contributed by atoms with E-state index in [-0.39, 0.29) is 22.1 Å². The number of fused-ring (bicyclic) bond motifs is 1. The number of benzene rings is 2. The van der Waals surface area contributed by atoms with Crippen molar-refractivity contribution in [2.75, 3.05) is 5.32 Å². The first kappa shape index (κ1) is 13.5. The van der Waals surface area contributed by atoms with Crippen LogP contribution in [-0.4, -0.2) is 11.7 Å². The summed E-state index contributed by atoms with van der Waals surface area (Å²) in [6.45, 7) is 0. The van der Waals surface area contributed by atoms with Gasteiger partial charge in [0.15, 0.2) is 5.78 Å². The van der Waals surface area contributed by atoms with Gasteiger partial charge in [-0.1, -0.05) is 29.8 Å². The normalized spacial score (nSPS) is 15.0. The molecule has 104 valence electrons. The third-order valence-electron chi connectivity index (χ3n) is 3.19. The molecule has 0 saturated heterocycles. The van der Waals surface area contributed by atoms with Crippen LogP contribution < -0.4 is 5.32 Å². The van der Waals surface area contributed by atoms with Crippen molar-refractivity contribution < 1.29 is 14.0 Å². The van der Waals surface area contributed by atoms with Gasteiger partial charge in [-0.2, -0.15) is 0 Å². The molecule has 21 heavy (non-hydrogen) atoms. The van der Waals surface area contributed by atoms with E-state index in [0.29, 0.717) is 11.3 Å². The highest BCUT2D eigenvalue weighted by molar-refractivity contribution is 6.35. The van der Waals surface area contributed by atoms with Gasteiger partial charge in [-0.3, -0.25) is 9.59 Å². The van der Waals surface area contributed by atoms with E-state index < -0.39 is 11.6 Å². The molecule has 0 atom stereocenters. The van der Waals surface area contributed by atoms with Crippen LogP contribution in [-0.2, 0) is 4.79 Å². The zero-order chi connectivity index (χ0) is 15.0. The van der Waals surface area contributed by atoms with Crippen LogP contribution in [0.15, 0.2) is 48.5 Å². The SMILES string of the molecule is O=C1Nc2ccccc2C1=CC(=O)c1ccc(F)c(Cl)c1. The first-order valence-electron chi connectivity index (χ1n) is 6.18. The van der Waals surface area contributed by atoms with E-state index in [9.17, 15) is 14.0 Å². The largest absolute Gasteiger partial charge is 0.321 e. The van der Waals surface area contributed by atoms with Gasteiger partial charge in [0.05, 0.1) is 10.6 Å². The van der Waals surface area contributed by atoms with Crippen molar-refractivity contribution in [2.24, 2.45) is 0 Å². The summed E-state index contributed by atoms with van der Waals surface area (Å²) < 4.78 is 13.1. The van der Waals surface area contributed by atoms with Crippen molar-refractivity contribution in [3.63, 3.8) is 0 Å². The highest BCUT2D eigenvalue weighted by Crippen LogP contribution is 2.31. The lowest BCUT2D eigenvalue weighted by Gasteiger charge is -2.00. The van der Waals surface area contributed by atoms with Crippen molar-refractivity contribution in [1.29, 1.82) is 0 Å². The number of allylic oxidation sites excluding steroid dienone is 1. The van der Waals surface area contributed by atoms with Gasteiger partial charge in [0.25, 0.3) is 5.91 Å². The fraction of sp³-hybridized carbons (Fsp3) is 0. The van der Waals surface area contributed by atoms with E-state index in [0.717, 1.165) is 6.07 Å². The van der Waals surface area contributed by atoms with Crippen molar-refractivity contribution in [3.05, 3.63) is 70.5 Å². The molecule has 3 nitrogen and oxygen atoms in total. The van der Waals surface area contributed by atoms with Crippen molar-refractivity contribution >= 4 is 34.6 Å². The fourth-order valence-corrected chi connectivity index (χ4v) is 2.33. The van der Waals surface area contributed by atoms with E-state index in [4.69, 9.17) is 11.6 Å². The van der Waals surface area contributed by atoms with E-state index in [1.807, 2.05) is 0 Å². The summed E-state index contributed by atoms with van der Waals surface area (Å²) in [7, 11) is 0. The lowest BCUT2D eigenvalue weighted by molar-refractivity contribution is -0.110. The molecule has 1 amide bonds. The lowest BCUT2D eigenvalue weighted by atomic mass is 10.0. The Morgan fingerprint density at radius 1 is 1.19 bits per heavy atom. The Labute approximate surface area is 125 Å². The third-order valence-corrected chi connectivity index (χ3v) is 3.48. The molecule has 0 aromatic heterocycles. The average Bonchev–Trinajstić information content (AvgIpc) is 2.78. The standard InChI is InChI=1S/C16H9ClFNO2/c17-12-7-9(5-6-13(12)18)15(20)8-11-10-3-1-2-4-14(10)19-16(11)21/h1-8H,(H,19,21). The van der Waals surface area contributed by atoms with Gasteiger partial charge in [0.2, 0.25) is 0 Å². The monoisotopic (exact) mass is 301 g/mol. The highest BCUT2D eigenvalue weighted by atomic mass is 35.5. The number of nitrogens with one attached hydrogen (secondary N) is 1. The summed E-state index contributed by atoms with van der Waals surface area (Å²) in [5.41, 5.74) is 1.85. The molecular formula is C16H9ClFNO2. The molecule has 0 unspecified atom stereocenters. The number of ketones is 1. The van der Waals surface area contributed by atoms with Gasteiger partial charge < -0.3 is 5.32 Å². The smallest absolute Gasteiger partial charge is 0.256 e. The predicted octanol–water partition coefficient (Wildman–Crippen LogP) is 3.70. The Hall–Kier alpha value is -2.46. The van der Waals surface area contributed by atoms with Crippen LogP contribution in [0.5, 0.6) is 0 Å². The Morgan fingerprint density at radius 2 is 1.95 bits per heavy atom. The number of halogens is 2. The number of hydrogen-bond donors (Lipinski definition) is 1. The molecule has 0 bridgehead atoms. The molecule has 1 heterocycles. The second kappa shape index (κ2) is 5.14. The van der Waals surface area contributed by atoms with Gasteiger partial charge in [0, 0.05) is 16.8 Å². The molecule has 3 rings (SSSR count). The number of carbonyl (C=O) groups excluding carboxylic acids is 2. The summed E-state index contributed by atoms with van der Waals surface area (Å²) in [6.07, 6.45) is 1.24. The van der Waals surface area contributed by atoms with Gasteiger partial charge in [-0.15, -0.1) is 0 Å².